The van der Waals surface area contributed by atoms with Gasteiger partial charge in [0.25, 0.3) is 0 Å². The van der Waals surface area contributed by atoms with Crippen LogP contribution in [-0.4, -0.2) is 54.1 Å². The van der Waals surface area contributed by atoms with Gasteiger partial charge in [0.1, 0.15) is 0 Å². The van der Waals surface area contributed by atoms with Crippen LogP contribution in [0.2, 0.25) is 0 Å². The zero-order chi connectivity index (χ0) is 13.8. The van der Waals surface area contributed by atoms with Gasteiger partial charge in [0.15, 0.2) is 0 Å². The van der Waals surface area contributed by atoms with Crippen LogP contribution in [0.15, 0.2) is 24.5 Å². The Hall–Kier alpha value is -0.970. The van der Waals surface area contributed by atoms with Gasteiger partial charge in [-0.05, 0) is 44.6 Å². The lowest BCUT2D eigenvalue weighted by atomic mass is 9.97. The first-order valence-electron chi connectivity index (χ1n) is 7.19. The maximum absolute atomic E-state index is 6.37. The van der Waals surface area contributed by atoms with Crippen molar-refractivity contribution >= 4 is 0 Å². The lowest BCUT2D eigenvalue weighted by Gasteiger charge is -2.33. The number of nitrogens with two attached hydrogens (primary N) is 1. The third-order valence-electron chi connectivity index (χ3n) is 4.24. The predicted molar refractivity (Wildman–Crippen MR) is 78.9 cm³/mol. The summed E-state index contributed by atoms with van der Waals surface area (Å²) in [5.74, 6) is 0. The SMILES string of the molecule is CCC(N)C(c1ccncc1)N1CCC(N(C)C)C1. The first-order chi connectivity index (χ1) is 9.13. The van der Waals surface area contributed by atoms with Gasteiger partial charge >= 0.3 is 0 Å². The van der Waals surface area contributed by atoms with E-state index in [1.54, 1.807) is 0 Å². The Kier molecular flexibility index (Phi) is 4.91. The van der Waals surface area contributed by atoms with Gasteiger partial charge in [-0.1, -0.05) is 6.92 Å². The van der Waals surface area contributed by atoms with Crippen LogP contribution in [0.4, 0.5) is 0 Å². The smallest absolute Gasteiger partial charge is 0.0500 e. The number of pyridine rings is 1. The van der Waals surface area contributed by atoms with Gasteiger partial charge in [-0.2, -0.15) is 0 Å². The van der Waals surface area contributed by atoms with Gasteiger partial charge in [0.2, 0.25) is 0 Å². The quantitative estimate of drug-likeness (QED) is 0.873. The number of nitrogens with zero attached hydrogens (tertiary/aromatic N) is 3. The highest BCUT2D eigenvalue weighted by Crippen LogP contribution is 2.29. The monoisotopic (exact) mass is 262 g/mol. The molecule has 1 fully saturated rings. The van der Waals surface area contributed by atoms with Crippen LogP contribution in [0.25, 0.3) is 0 Å². The van der Waals surface area contributed by atoms with E-state index in [0.29, 0.717) is 12.1 Å². The van der Waals surface area contributed by atoms with Crippen molar-refractivity contribution in [3.05, 3.63) is 30.1 Å². The number of rotatable bonds is 5. The van der Waals surface area contributed by atoms with Crippen molar-refractivity contribution in [3.8, 4) is 0 Å². The average Bonchev–Trinajstić information content (AvgIpc) is 2.89. The number of hydrogen-bond donors (Lipinski definition) is 1. The minimum absolute atomic E-state index is 0.184. The molecule has 1 saturated heterocycles. The summed E-state index contributed by atoms with van der Waals surface area (Å²) in [4.78, 5) is 8.97. The van der Waals surface area contributed by atoms with Crippen LogP contribution < -0.4 is 5.73 Å². The standard InChI is InChI=1S/C15H26N4/c1-4-14(16)15(12-5-8-17-9-6-12)19-10-7-13(11-19)18(2)3/h5-6,8-9,13-15H,4,7,10-11,16H2,1-3H3. The Morgan fingerprint density at radius 3 is 2.63 bits per heavy atom. The molecule has 2 heterocycles. The summed E-state index contributed by atoms with van der Waals surface area (Å²) in [5, 5.41) is 0. The van der Waals surface area contributed by atoms with E-state index in [2.05, 4.69) is 47.9 Å². The topological polar surface area (TPSA) is 45.4 Å². The third kappa shape index (κ3) is 3.32. The molecule has 0 amide bonds. The van der Waals surface area contributed by atoms with E-state index in [0.717, 1.165) is 19.5 Å². The summed E-state index contributed by atoms with van der Waals surface area (Å²) < 4.78 is 0. The molecule has 1 aromatic rings. The molecule has 4 heteroatoms. The predicted octanol–water partition coefficient (Wildman–Crippen LogP) is 1.50. The van der Waals surface area contributed by atoms with E-state index in [-0.39, 0.29) is 6.04 Å². The Bertz CT molecular complexity index is 379. The molecule has 3 atom stereocenters. The Morgan fingerprint density at radius 2 is 2.11 bits per heavy atom. The van der Waals surface area contributed by atoms with E-state index >= 15 is 0 Å². The largest absolute Gasteiger partial charge is 0.326 e. The van der Waals surface area contributed by atoms with Crippen LogP contribution >= 0.6 is 0 Å². The molecular weight excluding hydrogens is 236 g/mol. The second kappa shape index (κ2) is 6.46. The summed E-state index contributed by atoms with van der Waals surface area (Å²) in [5.41, 5.74) is 7.67. The molecule has 4 nitrogen and oxygen atoms in total. The minimum Gasteiger partial charge on any atom is -0.326 e. The van der Waals surface area contributed by atoms with E-state index in [4.69, 9.17) is 5.73 Å². The van der Waals surface area contributed by atoms with Crippen LogP contribution in [0.5, 0.6) is 0 Å². The third-order valence-corrected chi connectivity index (χ3v) is 4.24. The molecule has 2 N–H and O–H groups in total. The first-order valence-corrected chi connectivity index (χ1v) is 7.19. The van der Waals surface area contributed by atoms with Gasteiger partial charge in [0, 0.05) is 37.6 Å². The summed E-state index contributed by atoms with van der Waals surface area (Å²) >= 11 is 0. The molecule has 1 aliphatic heterocycles. The number of aromatic nitrogens is 1. The van der Waals surface area contributed by atoms with Gasteiger partial charge < -0.3 is 10.6 Å². The molecule has 0 bridgehead atoms. The van der Waals surface area contributed by atoms with Gasteiger partial charge in [-0.3, -0.25) is 9.88 Å². The highest BCUT2D eigenvalue weighted by Gasteiger charge is 2.32. The van der Waals surface area contributed by atoms with Gasteiger partial charge in [-0.15, -0.1) is 0 Å². The molecule has 0 radical (unpaired) electrons. The minimum atomic E-state index is 0.184. The van der Waals surface area contributed by atoms with Crippen molar-refractivity contribution in [2.75, 3.05) is 27.2 Å². The summed E-state index contributed by atoms with van der Waals surface area (Å²) in [6, 6.07) is 5.35. The van der Waals surface area contributed by atoms with E-state index in [1.165, 1.54) is 12.0 Å². The maximum atomic E-state index is 6.37. The molecule has 1 aromatic heterocycles. The molecular formula is C15H26N4. The Labute approximate surface area is 116 Å². The maximum Gasteiger partial charge on any atom is 0.0500 e. The van der Waals surface area contributed by atoms with Crippen LogP contribution in [0, 0.1) is 0 Å². The van der Waals surface area contributed by atoms with Crippen molar-refractivity contribution in [3.63, 3.8) is 0 Å². The van der Waals surface area contributed by atoms with E-state index < -0.39 is 0 Å². The zero-order valence-electron chi connectivity index (χ0n) is 12.3. The Balaban J connectivity index is 2.16. The van der Waals surface area contributed by atoms with Crippen LogP contribution in [0.3, 0.4) is 0 Å². The Morgan fingerprint density at radius 1 is 1.42 bits per heavy atom. The fourth-order valence-corrected chi connectivity index (χ4v) is 2.95. The summed E-state index contributed by atoms with van der Waals surface area (Å²) in [6.07, 6.45) is 5.95. The van der Waals surface area contributed by atoms with Crippen molar-refractivity contribution in [2.24, 2.45) is 5.73 Å². The van der Waals surface area contributed by atoms with Gasteiger partial charge in [-0.25, -0.2) is 0 Å². The lowest BCUT2D eigenvalue weighted by molar-refractivity contribution is 0.190. The highest BCUT2D eigenvalue weighted by molar-refractivity contribution is 5.18. The molecule has 0 aliphatic carbocycles. The van der Waals surface area contributed by atoms with Gasteiger partial charge in [0.05, 0.1) is 6.04 Å². The molecule has 106 valence electrons. The number of likely N-dealkylation sites (N-methyl/N-ethyl adjacent to an activating group) is 1. The molecule has 2 rings (SSSR count). The van der Waals surface area contributed by atoms with E-state index in [1.807, 2.05) is 12.4 Å². The number of hydrogen-bond acceptors (Lipinski definition) is 4. The first kappa shape index (κ1) is 14.4. The molecule has 3 unspecified atom stereocenters. The van der Waals surface area contributed by atoms with Crippen molar-refractivity contribution in [1.29, 1.82) is 0 Å². The zero-order valence-corrected chi connectivity index (χ0v) is 12.3. The fourth-order valence-electron chi connectivity index (χ4n) is 2.95. The van der Waals surface area contributed by atoms with Crippen LogP contribution in [0.1, 0.15) is 31.4 Å². The van der Waals surface area contributed by atoms with Crippen LogP contribution in [-0.2, 0) is 0 Å². The molecule has 0 aromatic carbocycles. The number of likely N-dealkylation sites (tertiary alicyclic amines) is 1. The van der Waals surface area contributed by atoms with Crippen molar-refractivity contribution in [2.45, 2.75) is 37.9 Å². The molecule has 19 heavy (non-hydrogen) atoms. The second-order valence-corrected chi connectivity index (χ2v) is 5.70. The fraction of sp³-hybridized carbons (Fsp3) is 0.667. The normalized spacial score (nSPS) is 23.7. The second-order valence-electron chi connectivity index (χ2n) is 5.70. The molecule has 0 spiro atoms. The van der Waals surface area contributed by atoms with E-state index in [9.17, 15) is 0 Å². The van der Waals surface area contributed by atoms with Crippen molar-refractivity contribution in [1.82, 2.24) is 14.8 Å². The average molecular weight is 262 g/mol. The summed E-state index contributed by atoms with van der Waals surface area (Å²) in [6.45, 7) is 4.40. The lowest BCUT2D eigenvalue weighted by Crippen LogP contribution is -2.41. The van der Waals surface area contributed by atoms with Crippen molar-refractivity contribution < 1.29 is 0 Å². The summed E-state index contributed by atoms with van der Waals surface area (Å²) in [7, 11) is 4.32. The molecule has 0 saturated carbocycles. The highest BCUT2D eigenvalue weighted by atomic mass is 15.3. The molecule has 1 aliphatic rings.